The number of ketones is 1. The summed E-state index contributed by atoms with van der Waals surface area (Å²) in [6, 6.07) is 0. The highest BCUT2D eigenvalue weighted by molar-refractivity contribution is 5.88. The van der Waals surface area contributed by atoms with Crippen molar-refractivity contribution in [2.24, 2.45) is 11.8 Å². The Morgan fingerprint density at radius 2 is 1.74 bits per heavy atom. The third kappa shape index (κ3) is 7.68. The fourth-order valence-corrected chi connectivity index (χ4v) is 2.10. The molecule has 2 atom stereocenters. The Hall–Kier alpha value is -0.410. The van der Waals surface area contributed by atoms with Gasteiger partial charge in [-0.2, -0.15) is 0 Å². The third-order valence-electron chi connectivity index (χ3n) is 3.67. The zero-order chi connectivity index (χ0) is 15.3. The number of carbonyl (C=O) groups is 1. The minimum Gasteiger partial charge on any atom is -0.390 e. The fourth-order valence-electron chi connectivity index (χ4n) is 2.10. The van der Waals surface area contributed by atoms with E-state index in [1.807, 2.05) is 20.8 Å². The molecule has 0 aromatic rings. The molecule has 0 aliphatic carbocycles. The summed E-state index contributed by atoms with van der Waals surface area (Å²) in [5.74, 6) is 0.738. The van der Waals surface area contributed by atoms with E-state index in [4.69, 9.17) is 4.74 Å². The average Bonchev–Trinajstić information content (AvgIpc) is 2.25. The highest BCUT2D eigenvalue weighted by Gasteiger charge is 2.33. The van der Waals surface area contributed by atoms with E-state index in [0.717, 1.165) is 12.8 Å². The first kappa shape index (κ1) is 18.6. The molecule has 0 radical (unpaired) electrons. The molecule has 114 valence electrons. The van der Waals surface area contributed by atoms with Crippen LogP contribution in [0.4, 0.5) is 0 Å². The summed E-state index contributed by atoms with van der Waals surface area (Å²) < 4.78 is 5.69. The van der Waals surface area contributed by atoms with E-state index in [0.29, 0.717) is 18.9 Å². The van der Waals surface area contributed by atoms with E-state index in [2.05, 4.69) is 13.8 Å². The van der Waals surface area contributed by atoms with Gasteiger partial charge in [0.05, 0.1) is 12.2 Å². The summed E-state index contributed by atoms with van der Waals surface area (Å²) in [5.41, 5.74) is -1.51. The molecule has 2 unspecified atom stereocenters. The van der Waals surface area contributed by atoms with Gasteiger partial charge in [0.15, 0.2) is 5.78 Å². The van der Waals surface area contributed by atoms with Crippen LogP contribution < -0.4 is 0 Å². The highest BCUT2D eigenvalue weighted by atomic mass is 16.5. The van der Waals surface area contributed by atoms with Gasteiger partial charge in [-0.25, -0.2) is 0 Å². The van der Waals surface area contributed by atoms with Crippen molar-refractivity contribution in [3.8, 4) is 0 Å². The SMILES string of the molecule is CCC(C)CC(C)C(=O)C(C)(C)OCCC(C)(C)O. The minimum atomic E-state index is -0.766. The van der Waals surface area contributed by atoms with Crippen LogP contribution in [0.3, 0.4) is 0 Å². The summed E-state index contributed by atoms with van der Waals surface area (Å²) in [4.78, 5) is 12.4. The number of hydrogen-bond donors (Lipinski definition) is 1. The van der Waals surface area contributed by atoms with E-state index < -0.39 is 11.2 Å². The van der Waals surface area contributed by atoms with Gasteiger partial charge >= 0.3 is 0 Å². The fraction of sp³-hybridized carbons (Fsp3) is 0.938. The number of rotatable bonds is 9. The predicted octanol–water partition coefficient (Wildman–Crippen LogP) is 3.58. The summed E-state index contributed by atoms with van der Waals surface area (Å²) in [5, 5.41) is 9.65. The number of ether oxygens (including phenoxy) is 1. The standard InChI is InChI=1S/C16H32O3/c1-8-12(2)11-13(3)14(17)16(6,7)19-10-9-15(4,5)18/h12-13,18H,8-11H2,1-7H3. The van der Waals surface area contributed by atoms with E-state index in [-0.39, 0.29) is 11.7 Å². The molecule has 3 heteroatoms. The third-order valence-corrected chi connectivity index (χ3v) is 3.67. The number of carbonyl (C=O) groups excluding carboxylic acids is 1. The van der Waals surface area contributed by atoms with Crippen LogP contribution in [0.15, 0.2) is 0 Å². The molecule has 0 fully saturated rings. The summed E-state index contributed by atoms with van der Waals surface area (Å²) in [6.45, 7) is 13.8. The maximum atomic E-state index is 12.4. The van der Waals surface area contributed by atoms with Crippen molar-refractivity contribution in [3.63, 3.8) is 0 Å². The van der Waals surface area contributed by atoms with Crippen molar-refractivity contribution < 1.29 is 14.6 Å². The summed E-state index contributed by atoms with van der Waals surface area (Å²) in [6.07, 6.45) is 2.54. The highest BCUT2D eigenvalue weighted by Crippen LogP contribution is 2.23. The second-order valence-electron chi connectivity index (χ2n) is 6.94. The Morgan fingerprint density at radius 1 is 1.21 bits per heavy atom. The molecule has 0 aromatic heterocycles. The molecule has 0 amide bonds. The lowest BCUT2D eigenvalue weighted by molar-refractivity contribution is -0.146. The van der Waals surface area contributed by atoms with E-state index in [1.165, 1.54) is 0 Å². The van der Waals surface area contributed by atoms with Gasteiger partial charge in [-0.15, -0.1) is 0 Å². The Labute approximate surface area is 118 Å². The monoisotopic (exact) mass is 272 g/mol. The van der Waals surface area contributed by atoms with Crippen molar-refractivity contribution in [1.82, 2.24) is 0 Å². The Kier molecular flexibility index (Phi) is 7.23. The molecule has 0 saturated carbocycles. The van der Waals surface area contributed by atoms with Gasteiger partial charge in [-0.05, 0) is 46.5 Å². The molecule has 0 spiro atoms. The normalized spacial score (nSPS) is 16.2. The number of aliphatic hydroxyl groups is 1. The van der Waals surface area contributed by atoms with Crippen molar-refractivity contribution in [3.05, 3.63) is 0 Å². The van der Waals surface area contributed by atoms with Gasteiger partial charge in [0.1, 0.15) is 5.60 Å². The molecule has 0 bridgehead atoms. The van der Waals surface area contributed by atoms with Crippen molar-refractivity contribution in [1.29, 1.82) is 0 Å². The molecule has 19 heavy (non-hydrogen) atoms. The smallest absolute Gasteiger partial charge is 0.166 e. The van der Waals surface area contributed by atoms with Gasteiger partial charge in [-0.3, -0.25) is 4.79 Å². The predicted molar refractivity (Wildman–Crippen MR) is 79.2 cm³/mol. The molecule has 0 saturated heterocycles. The maximum absolute atomic E-state index is 12.4. The minimum absolute atomic E-state index is 0.0205. The summed E-state index contributed by atoms with van der Waals surface area (Å²) in [7, 11) is 0. The lowest BCUT2D eigenvalue weighted by Crippen LogP contribution is -2.40. The first-order valence-corrected chi connectivity index (χ1v) is 7.40. The lowest BCUT2D eigenvalue weighted by atomic mass is 9.86. The molecule has 0 rings (SSSR count). The molecule has 1 N–H and O–H groups in total. The van der Waals surface area contributed by atoms with Gasteiger partial charge in [-0.1, -0.05) is 27.2 Å². The van der Waals surface area contributed by atoms with Crippen LogP contribution >= 0.6 is 0 Å². The van der Waals surface area contributed by atoms with Crippen LogP contribution in [0.25, 0.3) is 0 Å². The molecule has 0 aromatic carbocycles. The van der Waals surface area contributed by atoms with Crippen LogP contribution in [0.1, 0.15) is 67.7 Å². The second kappa shape index (κ2) is 7.39. The molecular formula is C16H32O3. The Balaban J connectivity index is 4.34. The quantitative estimate of drug-likeness (QED) is 0.698. The zero-order valence-corrected chi connectivity index (χ0v) is 13.7. The van der Waals surface area contributed by atoms with Crippen LogP contribution in [-0.4, -0.2) is 28.7 Å². The van der Waals surface area contributed by atoms with Gasteiger partial charge in [0.2, 0.25) is 0 Å². The van der Waals surface area contributed by atoms with Crippen molar-refractivity contribution in [2.45, 2.75) is 78.9 Å². The van der Waals surface area contributed by atoms with Gasteiger partial charge in [0, 0.05) is 5.92 Å². The lowest BCUT2D eigenvalue weighted by Gasteiger charge is -2.29. The Morgan fingerprint density at radius 3 is 2.16 bits per heavy atom. The van der Waals surface area contributed by atoms with Crippen LogP contribution in [0, 0.1) is 11.8 Å². The average molecular weight is 272 g/mol. The maximum Gasteiger partial charge on any atom is 0.166 e. The van der Waals surface area contributed by atoms with E-state index in [1.54, 1.807) is 13.8 Å². The van der Waals surface area contributed by atoms with E-state index >= 15 is 0 Å². The van der Waals surface area contributed by atoms with Crippen molar-refractivity contribution in [2.75, 3.05) is 6.61 Å². The summed E-state index contributed by atoms with van der Waals surface area (Å²) >= 11 is 0. The van der Waals surface area contributed by atoms with Gasteiger partial charge < -0.3 is 9.84 Å². The zero-order valence-electron chi connectivity index (χ0n) is 13.7. The Bertz CT molecular complexity index is 276. The second-order valence-corrected chi connectivity index (χ2v) is 6.94. The van der Waals surface area contributed by atoms with Crippen molar-refractivity contribution >= 4 is 5.78 Å². The molecule has 0 aliphatic heterocycles. The number of Topliss-reactive ketones (excluding diaryl/α,β-unsaturated/α-hetero) is 1. The molecule has 3 nitrogen and oxygen atoms in total. The first-order chi connectivity index (χ1) is 8.49. The van der Waals surface area contributed by atoms with Crippen LogP contribution in [-0.2, 0) is 9.53 Å². The molecule has 0 aliphatic rings. The molecule has 0 heterocycles. The topological polar surface area (TPSA) is 46.5 Å². The van der Waals surface area contributed by atoms with Gasteiger partial charge in [0.25, 0.3) is 0 Å². The first-order valence-electron chi connectivity index (χ1n) is 7.40. The van der Waals surface area contributed by atoms with E-state index in [9.17, 15) is 9.90 Å². The number of hydrogen-bond acceptors (Lipinski definition) is 3. The largest absolute Gasteiger partial charge is 0.390 e. The van der Waals surface area contributed by atoms with Crippen LogP contribution in [0.5, 0.6) is 0 Å². The van der Waals surface area contributed by atoms with Crippen LogP contribution in [0.2, 0.25) is 0 Å². The molecular weight excluding hydrogens is 240 g/mol.